The Bertz CT molecular complexity index is 1150. The number of amides is 1. The van der Waals surface area contributed by atoms with Crippen LogP contribution in [0.5, 0.6) is 5.75 Å². The van der Waals surface area contributed by atoms with Crippen molar-refractivity contribution in [3.8, 4) is 17.0 Å². The van der Waals surface area contributed by atoms with Crippen LogP contribution in [-0.2, 0) is 10.9 Å². The molecule has 4 rings (SSSR count). The largest absolute Gasteiger partial charge is 0.496 e. The Kier molecular flexibility index (Phi) is 5.78. The summed E-state index contributed by atoms with van der Waals surface area (Å²) >= 11 is 0. The van der Waals surface area contributed by atoms with Crippen molar-refractivity contribution in [2.75, 3.05) is 33.4 Å². The monoisotopic (exact) mass is 450 g/mol. The van der Waals surface area contributed by atoms with Crippen LogP contribution in [0.2, 0.25) is 0 Å². The number of methoxy groups -OCH3 is 1. The molecule has 0 aliphatic carbocycles. The first kappa shape index (κ1) is 22.0. The third-order valence-corrected chi connectivity index (χ3v) is 5.21. The maximum atomic E-state index is 13.8. The lowest BCUT2D eigenvalue weighted by molar-refractivity contribution is -0.142. The van der Waals surface area contributed by atoms with E-state index in [1.54, 1.807) is 12.1 Å². The molecule has 8 nitrogen and oxygen atoms in total. The summed E-state index contributed by atoms with van der Waals surface area (Å²) in [5.41, 5.74) is -0.497. The summed E-state index contributed by atoms with van der Waals surface area (Å²) in [6, 6.07) is 6.76. The summed E-state index contributed by atoms with van der Waals surface area (Å²) < 4.78 is 52.6. The fourth-order valence-corrected chi connectivity index (χ4v) is 3.58. The van der Waals surface area contributed by atoms with Crippen LogP contribution >= 0.6 is 0 Å². The number of alkyl halides is 3. The SMILES string of the molecule is COc1ccc(-c2cc(C(F)(F)F)n3nc(C(=O)N4CCOCC4)cc3n2)cc1C(C)O. The number of halogens is 3. The molecule has 0 spiro atoms. The molecule has 0 radical (unpaired) electrons. The van der Waals surface area contributed by atoms with Gasteiger partial charge in [-0.2, -0.15) is 18.3 Å². The quantitative estimate of drug-likeness (QED) is 0.658. The summed E-state index contributed by atoms with van der Waals surface area (Å²) in [6.07, 6.45) is -5.63. The number of nitrogens with zero attached hydrogens (tertiary/aromatic N) is 4. The van der Waals surface area contributed by atoms with E-state index in [0.29, 0.717) is 47.7 Å². The van der Waals surface area contributed by atoms with Crippen molar-refractivity contribution in [1.82, 2.24) is 19.5 Å². The van der Waals surface area contributed by atoms with Gasteiger partial charge in [0.1, 0.15) is 5.75 Å². The number of carbonyl (C=O) groups is 1. The second-order valence-corrected chi connectivity index (χ2v) is 7.36. The molecule has 170 valence electrons. The number of ether oxygens (including phenoxy) is 2. The number of aliphatic hydroxyl groups excluding tert-OH is 1. The van der Waals surface area contributed by atoms with Gasteiger partial charge in [0.15, 0.2) is 17.0 Å². The molecule has 1 saturated heterocycles. The summed E-state index contributed by atoms with van der Waals surface area (Å²) in [5.74, 6) is -0.0714. The maximum Gasteiger partial charge on any atom is 0.433 e. The number of benzene rings is 1. The lowest BCUT2D eigenvalue weighted by Gasteiger charge is -2.25. The van der Waals surface area contributed by atoms with Crippen molar-refractivity contribution in [2.45, 2.75) is 19.2 Å². The standard InChI is InChI=1S/C21H21F3N4O4/c1-12(29)14-9-13(3-4-17(14)31-2)15-10-18(21(22,23)24)28-19(25-15)11-16(26-28)20(30)27-5-7-32-8-6-27/h3-4,9-12,29H,5-8H2,1-2H3. The Morgan fingerprint density at radius 1 is 1.22 bits per heavy atom. The molecular formula is C21H21F3N4O4. The van der Waals surface area contributed by atoms with Gasteiger partial charge in [0.25, 0.3) is 5.91 Å². The second-order valence-electron chi connectivity index (χ2n) is 7.36. The van der Waals surface area contributed by atoms with E-state index < -0.39 is 23.9 Å². The summed E-state index contributed by atoms with van der Waals surface area (Å²) in [5, 5.41) is 13.9. The Morgan fingerprint density at radius 3 is 2.56 bits per heavy atom. The number of morpholine rings is 1. The average Bonchev–Trinajstić information content (AvgIpc) is 3.21. The van der Waals surface area contributed by atoms with Gasteiger partial charge in [0.05, 0.1) is 32.1 Å². The first-order valence-electron chi connectivity index (χ1n) is 9.90. The zero-order chi connectivity index (χ0) is 23.0. The van der Waals surface area contributed by atoms with Gasteiger partial charge in [-0.1, -0.05) is 0 Å². The van der Waals surface area contributed by atoms with E-state index in [9.17, 15) is 23.1 Å². The molecule has 32 heavy (non-hydrogen) atoms. The summed E-state index contributed by atoms with van der Waals surface area (Å²) in [7, 11) is 1.44. The van der Waals surface area contributed by atoms with Gasteiger partial charge in [-0.15, -0.1) is 0 Å². The van der Waals surface area contributed by atoms with Crippen LogP contribution in [0.4, 0.5) is 13.2 Å². The number of hydrogen-bond donors (Lipinski definition) is 1. The van der Waals surface area contributed by atoms with E-state index in [0.717, 1.165) is 6.07 Å². The number of hydrogen-bond acceptors (Lipinski definition) is 6. The smallest absolute Gasteiger partial charge is 0.433 e. The van der Waals surface area contributed by atoms with Gasteiger partial charge < -0.3 is 19.5 Å². The normalized spacial score (nSPS) is 15.8. The van der Waals surface area contributed by atoms with E-state index in [1.807, 2.05) is 0 Å². The second kappa shape index (κ2) is 8.40. The number of rotatable bonds is 4. The van der Waals surface area contributed by atoms with Crippen LogP contribution in [0, 0.1) is 0 Å². The van der Waals surface area contributed by atoms with E-state index in [2.05, 4.69) is 10.1 Å². The van der Waals surface area contributed by atoms with E-state index in [4.69, 9.17) is 9.47 Å². The van der Waals surface area contributed by atoms with Crippen molar-refractivity contribution < 1.29 is 32.5 Å². The highest BCUT2D eigenvalue weighted by atomic mass is 19.4. The molecule has 1 atom stereocenters. The van der Waals surface area contributed by atoms with E-state index >= 15 is 0 Å². The van der Waals surface area contributed by atoms with Crippen LogP contribution in [-0.4, -0.2) is 63.9 Å². The molecular weight excluding hydrogens is 429 g/mol. The summed E-state index contributed by atoms with van der Waals surface area (Å²) in [4.78, 5) is 18.5. The number of aliphatic hydroxyl groups is 1. The third-order valence-electron chi connectivity index (χ3n) is 5.21. The molecule has 0 saturated carbocycles. The molecule has 1 aromatic carbocycles. The van der Waals surface area contributed by atoms with Crippen molar-refractivity contribution in [1.29, 1.82) is 0 Å². The number of carbonyl (C=O) groups excluding carboxylic acids is 1. The van der Waals surface area contributed by atoms with Crippen LogP contribution in [0.15, 0.2) is 30.3 Å². The van der Waals surface area contributed by atoms with Gasteiger partial charge >= 0.3 is 6.18 Å². The first-order valence-corrected chi connectivity index (χ1v) is 9.90. The number of aromatic nitrogens is 3. The van der Waals surface area contributed by atoms with Crippen molar-refractivity contribution >= 4 is 11.6 Å². The van der Waals surface area contributed by atoms with Gasteiger partial charge in [-0.05, 0) is 31.2 Å². The number of fused-ring (bicyclic) bond motifs is 1. The molecule has 2 aromatic heterocycles. The van der Waals surface area contributed by atoms with E-state index in [-0.39, 0.29) is 17.0 Å². The Balaban J connectivity index is 1.83. The molecule has 0 bridgehead atoms. The van der Waals surface area contributed by atoms with Gasteiger partial charge in [0.2, 0.25) is 0 Å². The lowest BCUT2D eigenvalue weighted by atomic mass is 10.0. The van der Waals surface area contributed by atoms with Gasteiger partial charge in [-0.3, -0.25) is 4.79 Å². The summed E-state index contributed by atoms with van der Waals surface area (Å²) in [6.45, 7) is 2.92. The molecule has 1 unspecified atom stereocenters. The van der Waals surface area contributed by atoms with Crippen LogP contribution < -0.4 is 4.74 Å². The van der Waals surface area contributed by atoms with Gasteiger partial charge in [0, 0.05) is 30.3 Å². The predicted molar refractivity (Wildman–Crippen MR) is 107 cm³/mol. The Hall–Kier alpha value is -3.18. The molecule has 1 amide bonds. The van der Waals surface area contributed by atoms with Crippen molar-refractivity contribution in [3.63, 3.8) is 0 Å². The molecule has 1 fully saturated rings. The molecule has 3 aromatic rings. The fraction of sp³-hybridized carbons (Fsp3) is 0.381. The van der Waals surface area contributed by atoms with E-state index in [1.165, 1.54) is 31.1 Å². The first-order chi connectivity index (χ1) is 15.2. The molecule has 1 aliphatic heterocycles. The molecule has 3 heterocycles. The van der Waals surface area contributed by atoms with Crippen molar-refractivity contribution in [2.24, 2.45) is 0 Å². The average molecular weight is 450 g/mol. The molecule has 11 heteroatoms. The van der Waals surface area contributed by atoms with Crippen LogP contribution in [0.25, 0.3) is 16.9 Å². The highest BCUT2D eigenvalue weighted by Gasteiger charge is 2.36. The highest BCUT2D eigenvalue weighted by Crippen LogP contribution is 2.34. The topological polar surface area (TPSA) is 89.2 Å². The fourth-order valence-electron chi connectivity index (χ4n) is 3.58. The Morgan fingerprint density at radius 2 is 1.94 bits per heavy atom. The minimum absolute atomic E-state index is 0.0275. The minimum atomic E-state index is -4.74. The maximum absolute atomic E-state index is 13.8. The lowest BCUT2D eigenvalue weighted by Crippen LogP contribution is -2.40. The zero-order valence-corrected chi connectivity index (χ0v) is 17.4. The molecule has 1 N–H and O–H groups in total. The predicted octanol–water partition coefficient (Wildman–Crippen LogP) is 2.95. The third kappa shape index (κ3) is 4.13. The minimum Gasteiger partial charge on any atom is -0.496 e. The van der Waals surface area contributed by atoms with Gasteiger partial charge in [-0.25, -0.2) is 9.50 Å². The zero-order valence-electron chi connectivity index (χ0n) is 17.4. The van der Waals surface area contributed by atoms with Crippen LogP contribution in [0.1, 0.15) is 34.8 Å². The molecule has 1 aliphatic rings. The Labute approximate surface area is 181 Å². The highest BCUT2D eigenvalue weighted by molar-refractivity contribution is 5.93. The van der Waals surface area contributed by atoms with Crippen molar-refractivity contribution in [3.05, 3.63) is 47.3 Å². The van der Waals surface area contributed by atoms with Crippen LogP contribution in [0.3, 0.4) is 0 Å².